The van der Waals surface area contributed by atoms with Crippen LogP contribution in [0.4, 0.5) is 0 Å². The first-order valence-corrected chi connectivity index (χ1v) is 6.96. The Hall–Kier alpha value is -0.710. The molecule has 0 aromatic heterocycles. The molecule has 0 aliphatic carbocycles. The molecule has 0 atom stereocenters. The first-order valence-electron chi connectivity index (χ1n) is 5.80. The van der Waals surface area contributed by atoms with E-state index >= 15 is 0 Å². The molecule has 0 amide bonds. The van der Waals surface area contributed by atoms with E-state index in [0.717, 1.165) is 12.8 Å². The molecule has 17 heavy (non-hydrogen) atoms. The number of hydrogen-bond acceptors (Lipinski definition) is 5. The molecular weight excluding hydrogens is 240 g/mol. The molecule has 0 bridgehead atoms. The number of hydrogen-bond donors (Lipinski definition) is 0. The van der Waals surface area contributed by atoms with Gasteiger partial charge in [-0.1, -0.05) is 13.3 Å². The highest BCUT2D eigenvalue weighted by Crippen LogP contribution is 2.10. The van der Waals surface area contributed by atoms with Crippen molar-refractivity contribution in [3.63, 3.8) is 0 Å². The van der Waals surface area contributed by atoms with Gasteiger partial charge in [-0.05, 0) is 27.2 Å². The molecule has 0 spiro atoms. The molecule has 0 N–H and O–H groups in total. The predicted molar refractivity (Wildman–Crippen MR) is 69.0 cm³/mol. The second kappa shape index (κ2) is 8.39. The van der Waals surface area contributed by atoms with Gasteiger partial charge in [0.2, 0.25) is 0 Å². The van der Waals surface area contributed by atoms with Crippen molar-refractivity contribution in [1.82, 2.24) is 0 Å². The Morgan fingerprint density at radius 3 is 2.24 bits per heavy atom. The maximum atomic E-state index is 11.3. The van der Waals surface area contributed by atoms with Crippen molar-refractivity contribution in [3.05, 3.63) is 0 Å². The maximum Gasteiger partial charge on any atom is 0.316 e. The van der Waals surface area contributed by atoms with Crippen molar-refractivity contribution in [3.8, 4) is 0 Å². The fraction of sp³-hybridized carbons (Fsp3) is 0.833. The molecule has 4 nitrogen and oxygen atoms in total. The molecule has 0 aromatic carbocycles. The van der Waals surface area contributed by atoms with Crippen molar-refractivity contribution >= 4 is 23.7 Å². The summed E-state index contributed by atoms with van der Waals surface area (Å²) in [4.78, 5) is 22.5. The van der Waals surface area contributed by atoms with Gasteiger partial charge in [-0.3, -0.25) is 9.59 Å². The smallest absolute Gasteiger partial charge is 0.316 e. The van der Waals surface area contributed by atoms with Gasteiger partial charge in [-0.25, -0.2) is 0 Å². The molecule has 0 radical (unpaired) electrons. The highest BCUT2D eigenvalue weighted by atomic mass is 32.2. The van der Waals surface area contributed by atoms with Crippen LogP contribution in [0.1, 0.15) is 40.5 Å². The van der Waals surface area contributed by atoms with Crippen LogP contribution in [0.2, 0.25) is 0 Å². The minimum atomic E-state index is -0.473. The van der Waals surface area contributed by atoms with Crippen molar-refractivity contribution in [2.24, 2.45) is 0 Å². The predicted octanol–water partition coefficient (Wildman–Crippen LogP) is 2.40. The molecule has 0 aliphatic rings. The van der Waals surface area contributed by atoms with Gasteiger partial charge >= 0.3 is 11.9 Å². The Labute approximate surface area is 107 Å². The SMILES string of the molecule is CCCCOC(=O)CSCC(=O)OC(C)(C)C. The van der Waals surface area contributed by atoms with Crippen molar-refractivity contribution < 1.29 is 19.1 Å². The van der Waals surface area contributed by atoms with Crippen LogP contribution >= 0.6 is 11.8 Å². The topological polar surface area (TPSA) is 52.6 Å². The van der Waals surface area contributed by atoms with E-state index in [2.05, 4.69) is 0 Å². The largest absolute Gasteiger partial charge is 0.465 e. The number of rotatable bonds is 7. The van der Waals surface area contributed by atoms with Crippen molar-refractivity contribution in [1.29, 1.82) is 0 Å². The zero-order valence-corrected chi connectivity index (χ0v) is 11.9. The molecule has 100 valence electrons. The molecule has 0 rings (SSSR count). The molecule has 0 aromatic rings. The summed E-state index contributed by atoms with van der Waals surface area (Å²) in [6.45, 7) is 7.94. The molecule has 5 heteroatoms. The van der Waals surface area contributed by atoms with Crippen LogP contribution in [0, 0.1) is 0 Å². The van der Waals surface area contributed by atoms with E-state index in [1.165, 1.54) is 11.8 Å². The van der Waals surface area contributed by atoms with Crippen LogP contribution < -0.4 is 0 Å². The average molecular weight is 262 g/mol. The normalized spacial score (nSPS) is 11.1. The number of carbonyl (C=O) groups excluding carboxylic acids is 2. The molecule has 0 unspecified atom stereocenters. The lowest BCUT2D eigenvalue weighted by atomic mass is 10.2. The maximum absolute atomic E-state index is 11.3. The molecule has 0 fully saturated rings. The van der Waals surface area contributed by atoms with Gasteiger partial charge in [-0.2, -0.15) is 0 Å². The Morgan fingerprint density at radius 2 is 1.71 bits per heavy atom. The number of esters is 2. The number of unbranched alkanes of at least 4 members (excludes halogenated alkanes) is 1. The number of thioether (sulfide) groups is 1. The fourth-order valence-electron chi connectivity index (χ4n) is 0.961. The molecular formula is C12H22O4S. The average Bonchev–Trinajstić information content (AvgIpc) is 2.15. The lowest BCUT2D eigenvalue weighted by Gasteiger charge is -2.19. The zero-order valence-electron chi connectivity index (χ0n) is 11.1. The van der Waals surface area contributed by atoms with Crippen LogP contribution in [0.25, 0.3) is 0 Å². The molecule has 0 heterocycles. The minimum Gasteiger partial charge on any atom is -0.465 e. The van der Waals surface area contributed by atoms with Crippen molar-refractivity contribution in [2.45, 2.75) is 46.1 Å². The quantitative estimate of drug-likeness (QED) is 0.521. The first kappa shape index (κ1) is 16.3. The summed E-state index contributed by atoms with van der Waals surface area (Å²) in [6, 6.07) is 0. The van der Waals surface area contributed by atoms with Gasteiger partial charge in [0.05, 0.1) is 18.1 Å². The Balaban J connectivity index is 3.56. The van der Waals surface area contributed by atoms with E-state index in [-0.39, 0.29) is 23.4 Å². The van der Waals surface area contributed by atoms with Crippen molar-refractivity contribution in [2.75, 3.05) is 18.1 Å². The summed E-state index contributed by atoms with van der Waals surface area (Å²) in [6.07, 6.45) is 1.88. The third-order valence-electron chi connectivity index (χ3n) is 1.62. The second-order valence-corrected chi connectivity index (χ2v) is 5.64. The summed E-state index contributed by atoms with van der Waals surface area (Å²) in [5.74, 6) is -0.195. The molecule has 0 saturated carbocycles. The first-order chi connectivity index (χ1) is 7.85. The Morgan fingerprint density at radius 1 is 1.12 bits per heavy atom. The zero-order chi connectivity index (χ0) is 13.3. The molecule has 0 aliphatic heterocycles. The number of ether oxygens (including phenoxy) is 2. The minimum absolute atomic E-state index is 0.181. The van der Waals surface area contributed by atoms with Gasteiger partial charge in [0.1, 0.15) is 5.60 Å². The third kappa shape index (κ3) is 11.6. The lowest BCUT2D eigenvalue weighted by Crippen LogP contribution is -2.25. The van der Waals surface area contributed by atoms with Gasteiger partial charge in [-0.15, -0.1) is 11.8 Å². The van der Waals surface area contributed by atoms with E-state index in [9.17, 15) is 9.59 Å². The van der Waals surface area contributed by atoms with E-state index < -0.39 is 5.60 Å². The third-order valence-corrected chi connectivity index (χ3v) is 2.50. The highest BCUT2D eigenvalue weighted by Gasteiger charge is 2.16. The summed E-state index contributed by atoms with van der Waals surface area (Å²) < 4.78 is 10.1. The Bertz CT molecular complexity index is 245. The van der Waals surface area contributed by atoms with Crippen LogP contribution in [0.5, 0.6) is 0 Å². The van der Waals surface area contributed by atoms with Gasteiger partial charge in [0.15, 0.2) is 0 Å². The summed E-state index contributed by atoms with van der Waals surface area (Å²) >= 11 is 1.22. The van der Waals surface area contributed by atoms with E-state index in [1.807, 2.05) is 27.7 Å². The summed E-state index contributed by atoms with van der Waals surface area (Å²) in [5.41, 5.74) is -0.473. The lowest BCUT2D eigenvalue weighted by molar-refractivity contribution is -0.151. The summed E-state index contributed by atoms with van der Waals surface area (Å²) in [7, 11) is 0. The molecule has 0 saturated heterocycles. The van der Waals surface area contributed by atoms with E-state index in [4.69, 9.17) is 9.47 Å². The van der Waals surface area contributed by atoms with Gasteiger partial charge < -0.3 is 9.47 Å². The number of carbonyl (C=O) groups is 2. The highest BCUT2D eigenvalue weighted by molar-refractivity contribution is 8.00. The van der Waals surface area contributed by atoms with Crippen LogP contribution in [0.15, 0.2) is 0 Å². The van der Waals surface area contributed by atoms with E-state index in [1.54, 1.807) is 0 Å². The van der Waals surface area contributed by atoms with Crippen LogP contribution in [-0.4, -0.2) is 35.7 Å². The van der Waals surface area contributed by atoms with Gasteiger partial charge in [0.25, 0.3) is 0 Å². The standard InChI is InChI=1S/C12H22O4S/c1-5-6-7-15-10(13)8-17-9-11(14)16-12(2,3)4/h5-9H2,1-4H3. The monoisotopic (exact) mass is 262 g/mol. The fourth-order valence-corrected chi connectivity index (χ4v) is 1.54. The van der Waals surface area contributed by atoms with Crippen LogP contribution in [0.3, 0.4) is 0 Å². The second-order valence-electron chi connectivity index (χ2n) is 4.65. The van der Waals surface area contributed by atoms with E-state index in [0.29, 0.717) is 6.61 Å². The van der Waals surface area contributed by atoms with Gasteiger partial charge in [0, 0.05) is 0 Å². The van der Waals surface area contributed by atoms with Crippen LogP contribution in [-0.2, 0) is 19.1 Å². The summed E-state index contributed by atoms with van der Waals surface area (Å²) in [5, 5.41) is 0. The Kier molecular flexibility index (Phi) is 8.04.